The zero-order chi connectivity index (χ0) is 13.5. The van der Waals surface area contributed by atoms with Crippen molar-refractivity contribution in [1.29, 1.82) is 0 Å². The molecule has 4 rings (SSSR count). The van der Waals surface area contributed by atoms with E-state index < -0.39 is 0 Å². The summed E-state index contributed by atoms with van der Waals surface area (Å²) in [7, 11) is 0. The van der Waals surface area contributed by atoms with Gasteiger partial charge in [0.25, 0.3) is 5.91 Å². The van der Waals surface area contributed by atoms with Crippen molar-refractivity contribution in [2.24, 2.45) is 0 Å². The van der Waals surface area contributed by atoms with Crippen molar-refractivity contribution in [2.75, 3.05) is 25.5 Å². The Kier molecular flexibility index (Phi) is 3.22. The van der Waals surface area contributed by atoms with E-state index in [4.69, 9.17) is 4.74 Å². The predicted molar refractivity (Wildman–Crippen MR) is 77.1 cm³/mol. The van der Waals surface area contributed by atoms with Gasteiger partial charge in [-0.05, 0) is 25.3 Å². The van der Waals surface area contributed by atoms with Crippen LogP contribution in [-0.2, 0) is 4.74 Å². The summed E-state index contributed by atoms with van der Waals surface area (Å²) in [5.74, 6) is 1.69. The van der Waals surface area contributed by atoms with E-state index in [1.165, 1.54) is 12.8 Å². The van der Waals surface area contributed by atoms with Gasteiger partial charge < -0.3 is 9.64 Å². The molecule has 0 aromatic carbocycles. The van der Waals surface area contributed by atoms with Gasteiger partial charge in [-0.15, -0.1) is 0 Å². The lowest BCUT2D eigenvalue weighted by atomic mass is 10.1. The summed E-state index contributed by atoms with van der Waals surface area (Å²) in [4.78, 5) is 14.7. The van der Waals surface area contributed by atoms with Crippen molar-refractivity contribution in [3.05, 3.63) is 17.5 Å². The number of amides is 1. The van der Waals surface area contributed by atoms with Crippen molar-refractivity contribution < 1.29 is 9.53 Å². The van der Waals surface area contributed by atoms with Gasteiger partial charge in [-0.1, -0.05) is 0 Å². The SMILES string of the molecule is O=C(c1cc(C2CC2)[nH]n1)N1CCSC2COCCC21. The number of carbonyl (C=O) groups is 1. The fourth-order valence-corrected chi connectivity index (χ4v) is 4.44. The van der Waals surface area contributed by atoms with Gasteiger partial charge in [0.05, 0.1) is 6.61 Å². The minimum absolute atomic E-state index is 0.0883. The molecule has 0 bridgehead atoms. The third kappa shape index (κ3) is 2.24. The third-order valence-corrected chi connectivity index (χ3v) is 5.73. The summed E-state index contributed by atoms with van der Waals surface area (Å²) in [6.45, 7) is 2.36. The highest BCUT2D eigenvalue weighted by molar-refractivity contribution is 8.00. The molecule has 2 aliphatic heterocycles. The Morgan fingerprint density at radius 1 is 1.45 bits per heavy atom. The molecule has 6 heteroatoms. The van der Waals surface area contributed by atoms with E-state index in [9.17, 15) is 4.79 Å². The number of nitrogens with zero attached hydrogens (tertiary/aromatic N) is 2. The molecule has 2 unspecified atom stereocenters. The second-order valence-corrected chi connectivity index (χ2v) is 7.17. The molecule has 3 fully saturated rings. The molecule has 1 amide bonds. The van der Waals surface area contributed by atoms with E-state index in [1.54, 1.807) is 0 Å². The first kappa shape index (κ1) is 12.7. The molecule has 5 nitrogen and oxygen atoms in total. The first-order valence-corrected chi connectivity index (χ1v) is 8.43. The van der Waals surface area contributed by atoms with Crippen molar-refractivity contribution in [3.8, 4) is 0 Å². The second-order valence-electron chi connectivity index (χ2n) is 5.82. The van der Waals surface area contributed by atoms with Crippen LogP contribution in [-0.4, -0.2) is 57.8 Å². The molecule has 0 radical (unpaired) electrons. The first-order valence-electron chi connectivity index (χ1n) is 7.38. The van der Waals surface area contributed by atoms with Crippen molar-refractivity contribution in [1.82, 2.24) is 15.1 Å². The average molecular weight is 293 g/mol. The van der Waals surface area contributed by atoms with E-state index in [-0.39, 0.29) is 5.91 Å². The average Bonchev–Trinajstić information content (AvgIpc) is 3.23. The largest absolute Gasteiger partial charge is 0.380 e. The molecule has 20 heavy (non-hydrogen) atoms. The van der Waals surface area contributed by atoms with Gasteiger partial charge in [-0.3, -0.25) is 9.89 Å². The van der Waals surface area contributed by atoms with Gasteiger partial charge in [-0.2, -0.15) is 16.9 Å². The topological polar surface area (TPSA) is 58.2 Å². The number of hydrogen-bond donors (Lipinski definition) is 1. The van der Waals surface area contributed by atoms with Crippen LogP contribution in [0.2, 0.25) is 0 Å². The van der Waals surface area contributed by atoms with Gasteiger partial charge in [0.1, 0.15) is 5.69 Å². The minimum Gasteiger partial charge on any atom is -0.380 e. The quantitative estimate of drug-likeness (QED) is 0.900. The molecule has 0 spiro atoms. The molecule has 108 valence electrons. The van der Waals surface area contributed by atoms with E-state index >= 15 is 0 Å². The van der Waals surface area contributed by atoms with E-state index in [1.807, 2.05) is 22.7 Å². The number of aromatic amines is 1. The summed E-state index contributed by atoms with van der Waals surface area (Å²) >= 11 is 1.94. The van der Waals surface area contributed by atoms with Crippen molar-refractivity contribution in [2.45, 2.75) is 36.5 Å². The van der Waals surface area contributed by atoms with Gasteiger partial charge in [0, 0.05) is 41.8 Å². The Morgan fingerprint density at radius 3 is 3.20 bits per heavy atom. The zero-order valence-corrected chi connectivity index (χ0v) is 12.2. The number of thioether (sulfide) groups is 1. The van der Waals surface area contributed by atoms with Crippen LogP contribution in [0.1, 0.15) is 41.4 Å². The van der Waals surface area contributed by atoms with Crippen molar-refractivity contribution in [3.63, 3.8) is 0 Å². The normalized spacial score (nSPS) is 30.1. The standard InChI is InChI=1S/C14H19N3O2S/c18-14(11-7-10(15-16-11)9-1-2-9)17-4-6-20-13-8-19-5-3-12(13)17/h7,9,12-13H,1-6,8H2,(H,15,16). The Bertz CT molecular complexity index is 512. The summed E-state index contributed by atoms with van der Waals surface area (Å²) in [6, 6.07) is 2.27. The Morgan fingerprint density at radius 2 is 2.35 bits per heavy atom. The van der Waals surface area contributed by atoms with Gasteiger partial charge in [-0.25, -0.2) is 0 Å². The molecule has 3 heterocycles. The van der Waals surface area contributed by atoms with E-state index in [0.717, 1.165) is 37.6 Å². The molecule has 3 aliphatic rings. The van der Waals surface area contributed by atoms with Crippen LogP contribution < -0.4 is 0 Å². The molecule has 1 aromatic rings. The van der Waals surface area contributed by atoms with Crippen LogP contribution in [0.15, 0.2) is 6.07 Å². The highest BCUT2D eigenvalue weighted by Gasteiger charge is 2.38. The van der Waals surface area contributed by atoms with Crippen LogP contribution >= 0.6 is 11.8 Å². The number of aromatic nitrogens is 2. The second kappa shape index (κ2) is 5.07. The fourth-order valence-electron chi connectivity index (χ4n) is 3.13. The predicted octanol–water partition coefficient (Wildman–Crippen LogP) is 1.63. The molecule has 1 saturated carbocycles. The lowest BCUT2D eigenvalue weighted by Crippen LogP contribution is -2.54. The molecule has 1 aliphatic carbocycles. The number of ether oxygens (including phenoxy) is 1. The molecule has 2 atom stereocenters. The summed E-state index contributed by atoms with van der Waals surface area (Å²) < 4.78 is 5.54. The molecule has 2 saturated heterocycles. The molecule has 1 N–H and O–H groups in total. The number of carbonyl (C=O) groups excluding carboxylic acids is 1. The van der Waals surface area contributed by atoms with Gasteiger partial charge in [0.2, 0.25) is 0 Å². The molecule has 1 aromatic heterocycles. The van der Waals surface area contributed by atoms with E-state index in [2.05, 4.69) is 10.2 Å². The third-order valence-electron chi connectivity index (χ3n) is 4.43. The van der Waals surface area contributed by atoms with Gasteiger partial charge in [0.15, 0.2) is 0 Å². The number of rotatable bonds is 2. The maximum absolute atomic E-state index is 12.7. The zero-order valence-electron chi connectivity index (χ0n) is 11.4. The monoisotopic (exact) mass is 293 g/mol. The Labute approximate surface area is 122 Å². The van der Waals surface area contributed by atoms with Crippen LogP contribution in [0.25, 0.3) is 0 Å². The highest BCUT2D eigenvalue weighted by Crippen LogP contribution is 2.39. The Hall–Kier alpha value is -1.01. The van der Waals surface area contributed by atoms with Crippen LogP contribution in [0.4, 0.5) is 0 Å². The van der Waals surface area contributed by atoms with Crippen LogP contribution in [0.3, 0.4) is 0 Å². The molecular weight excluding hydrogens is 274 g/mol. The summed E-state index contributed by atoms with van der Waals surface area (Å²) in [5, 5.41) is 7.70. The van der Waals surface area contributed by atoms with Crippen LogP contribution in [0, 0.1) is 0 Å². The smallest absolute Gasteiger partial charge is 0.274 e. The fraction of sp³-hybridized carbons (Fsp3) is 0.714. The maximum atomic E-state index is 12.7. The lowest BCUT2D eigenvalue weighted by molar-refractivity contribution is 0.0315. The van der Waals surface area contributed by atoms with Gasteiger partial charge >= 0.3 is 0 Å². The first-order chi connectivity index (χ1) is 9.83. The van der Waals surface area contributed by atoms with Crippen molar-refractivity contribution >= 4 is 17.7 Å². The number of fused-ring (bicyclic) bond motifs is 1. The number of hydrogen-bond acceptors (Lipinski definition) is 4. The summed E-state index contributed by atoms with van der Waals surface area (Å²) in [5.41, 5.74) is 1.72. The minimum atomic E-state index is 0.0883. The summed E-state index contributed by atoms with van der Waals surface area (Å²) in [6.07, 6.45) is 3.39. The lowest BCUT2D eigenvalue weighted by Gasteiger charge is -2.43. The van der Waals surface area contributed by atoms with Crippen LogP contribution in [0.5, 0.6) is 0 Å². The maximum Gasteiger partial charge on any atom is 0.274 e. The molecular formula is C14H19N3O2S. The number of H-pyrrole nitrogens is 1. The Balaban J connectivity index is 1.53. The van der Waals surface area contributed by atoms with E-state index in [0.29, 0.717) is 22.9 Å². The highest BCUT2D eigenvalue weighted by atomic mass is 32.2. The number of nitrogens with one attached hydrogen (secondary N) is 1.